The molecule has 0 aromatic carbocycles. The van der Waals surface area contributed by atoms with Gasteiger partial charge in [-0.3, -0.25) is 0 Å². The van der Waals surface area contributed by atoms with E-state index in [1.54, 1.807) is 0 Å². The van der Waals surface area contributed by atoms with Crippen LogP contribution < -0.4 is 0 Å². The summed E-state index contributed by atoms with van der Waals surface area (Å²) < 4.78 is 0. The van der Waals surface area contributed by atoms with Crippen LogP contribution in [0.4, 0.5) is 0 Å². The lowest BCUT2D eigenvalue weighted by Gasteiger charge is -2.13. The lowest BCUT2D eigenvalue weighted by Crippen LogP contribution is -2.02. The first-order valence-electron chi connectivity index (χ1n) is 4.94. The van der Waals surface area contributed by atoms with Crippen molar-refractivity contribution in [3.05, 3.63) is 22.8 Å². The molecule has 0 saturated heterocycles. The third-order valence-corrected chi connectivity index (χ3v) is 3.18. The second kappa shape index (κ2) is 5.72. The Balaban J connectivity index is 2.36. The van der Waals surface area contributed by atoms with Crippen LogP contribution >= 0.6 is 23.2 Å². The SMILES string of the molecule is CCCCCC1=CCC(Cl)C(Cl)=C1. The van der Waals surface area contributed by atoms with Crippen LogP contribution in [-0.2, 0) is 0 Å². The van der Waals surface area contributed by atoms with Gasteiger partial charge in [-0.25, -0.2) is 0 Å². The summed E-state index contributed by atoms with van der Waals surface area (Å²) in [5, 5.41) is 0.812. The second-order valence-corrected chi connectivity index (χ2v) is 4.43. The maximum Gasteiger partial charge on any atom is 0.0726 e. The summed E-state index contributed by atoms with van der Waals surface area (Å²) in [7, 11) is 0. The van der Waals surface area contributed by atoms with Gasteiger partial charge in [0.2, 0.25) is 0 Å². The van der Waals surface area contributed by atoms with Crippen LogP contribution in [0.2, 0.25) is 0 Å². The van der Waals surface area contributed by atoms with Crippen molar-refractivity contribution < 1.29 is 0 Å². The van der Waals surface area contributed by atoms with Gasteiger partial charge in [-0.2, -0.15) is 0 Å². The summed E-state index contributed by atoms with van der Waals surface area (Å²) in [6.45, 7) is 2.22. The zero-order valence-electron chi connectivity index (χ0n) is 8.02. The molecule has 0 aliphatic heterocycles. The van der Waals surface area contributed by atoms with E-state index in [1.165, 1.54) is 24.8 Å². The van der Waals surface area contributed by atoms with E-state index in [-0.39, 0.29) is 5.38 Å². The number of halogens is 2. The van der Waals surface area contributed by atoms with Crippen LogP contribution in [0.25, 0.3) is 0 Å². The molecule has 0 N–H and O–H groups in total. The third kappa shape index (κ3) is 3.74. The number of alkyl halides is 1. The van der Waals surface area contributed by atoms with Crippen molar-refractivity contribution in [2.24, 2.45) is 0 Å². The molecule has 0 spiro atoms. The van der Waals surface area contributed by atoms with E-state index in [0.717, 1.165) is 17.9 Å². The van der Waals surface area contributed by atoms with Crippen LogP contribution in [-0.4, -0.2) is 5.38 Å². The number of allylic oxidation sites excluding steroid dienone is 4. The first-order chi connectivity index (χ1) is 6.24. The zero-order chi connectivity index (χ0) is 9.68. The molecular formula is C11H16Cl2. The van der Waals surface area contributed by atoms with Crippen LogP contribution in [0.3, 0.4) is 0 Å². The number of hydrogen-bond acceptors (Lipinski definition) is 0. The molecule has 0 amide bonds. The van der Waals surface area contributed by atoms with Gasteiger partial charge in [0.05, 0.1) is 5.38 Å². The van der Waals surface area contributed by atoms with Crippen LogP contribution in [0.1, 0.15) is 39.0 Å². The highest BCUT2D eigenvalue weighted by molar-refractivity contribution is 6.37. The predicted octanol–water partition coefficient (Wildman–Crippen LogP) is 4.63. The van der Waals surface area contributed by atoms with Crippen molar-refractivity contribution in [2.75, 3.05) is 0 Å². The molecule has 0 bridgehead atoms. The summed E-state index contributed by atoms with van der Waals surface area (Å²) in [4.78, 5) is 0. The standard InChI is InChI=1S/C11H16Cl2/c1-2-3-4-5-9-6-7-10(12)11(13)8-9/h6,8,10H,2-5,7H2,1H3. The molecule has 1 unspecified atom stereocenters. The first-order valence-corrected chi connectivity index (χ1v) is 5.75. The van der Waals surface area contributed by atoms with E-state index in [2.05, 4.69) is 13.0 Å². The monoisotopic (exact) mass is 218 g/mol. The molecule has 1 atom stereocenters. The largest absolute Gasteiger partial charge is 0.117 e. The van der Waals surface area contributed by atoms with Crippen LogP contribution in [0, 0.1) is 0 Å². The minimum absolute atomic E-state index is 0.0107. The Morgan fingerprint density at radius 1 is 1.46 bits per heavy atom. The summed E-state index contributed by atoms with van der Waals surface area (Å²) in [6, 6.07) is 0. The van der Waals surface area contributed by atoms with E-state index in [0.29, 0.717) is 0 Å². The van der Waals surface area contributed by atoms with Crippen molar-refractivity contribution in [1.82, 2.24) is 0 Å². The first kappa shape index (κ1) is 11.1. The maximum absolute atomic E-state index is 5.96. The van der Waals surface area contributed by atoms with Gasteiger partial charge in [0.15, 0.2) is 0 Å². The highest BCUT2D eigenvalue weighted by Crippen LogP contribution is 2.27. The lowest BCUT2D eigenvalue weighted by molar-refractivity contribution is 0.715. The Labute approximate surface area is 90.6 Å². The molecule has 0 fully saturated rings. The van der Waals surface area contributed by atoms with Gasteiger partial charge >= 0.3 is 0 Å². The number of unbranched alkanes of at least 4 members (excludes halogenated alkanes) is 2. The molecular weight excluding hydrogens is 203 g/mol. The summed E-state index contributed by atoms with van der Waals surface area (Å²) in [6.07, 6.45) is 10.1. The minimum atomic E-state index is 0.0107. The van der Waals surface area contributed by atoms with Gasteiger partial charge in [-0.05, 0) is 25.3 Å². The smallest absolute Gasteiger partial charge is 0.0726 e. The Bertz CT molecular complexity index is 216. The molecule has 1 aliphatic rings. The summed E-state index contributed by atoms with van der Waals surface area (Å²) >= 11 is 11.9. The molecule has 0 radical (unpaired) electrons. The fourth-order valence-electron chi connectivity index (χ4n) is 1.45. The van der Waals surface area contributed by atoms with Gasteiger partial charge in [-0.1, -0.05) is 43.0 Å². The fraction of sp³-hybridized carbons (Fsp3) is 0.636. The molecule has 2 heteroatoms. The van der Waals surface area contributed by atoms with Crippen molar-refractivity contribution in [1.29, 1.82) is 0 Å². The predicted molar refractivity (Wildman–Crippen MR) is 60.4 cm³/mol. The molecule has 0 saturated carbocycles. The van der Waals surface area contributed by atoms with Crippen molar-refractivity contribution in [3.8, 4) is 0 Å². The highest BCUT2D eigenvalue weighted by Gasteiger charge is 2.12. The van der Waals surface area contributed by atoms with Crippen molar-refractivity contribution >= 4 is 23.2 Å². The molecule has 13 heavy (non-hydrogen) atoms. The molecule has 0 nitrogen and oxygen atoms in total. The van der Waals surface area contributed by atoms with Crippen LogP contribution in [0.15, 0.2) is 22.8 Å². The number of rotatable bonds is 4. The van der Waals surface area contributed by atoms with E-state index in [9.17, 15) is 0 Å². The Hall–Kier alpha value is 0.0600. The molecule has 0 heterocycles. The van der Waals surface area contributed by atoms with Gasteiger partial charge in [-0.15, -0.1) is 11.6 Å². The van der Waals surface area contributed by atoms with Gasteiger partial charge < -0.3 is 0 Å². The quantitative estimate of drug-likeness (QED) is 0.477. The highest BCUT2D eigenvalue weighted by atomic mass is 35.5. The van der Waals surface area contributed by atoms with Crippen molar-refractivity contribution in [2.45, 2.75) is 44.4 Å². The third-order valence-electron chi connectivity index (χ3n) is 2.28. The molecule has 1 aliphatic carbocycles. The molecule has 1 rings (SSSR count). The van der Waals surface area contributed by atoms with Crippen molar-refractivity contribution in [3.63, 3.8) is 0 Å². The molecule has 74 valence electrons. The van der Waals surface area contributed by atoms with E-state index in [4.69, 9.17) is 23.2 Å². The fourth-order valence-corrected chi connectivity index (χ4v) is 1.83. The zero-order valence-corrected chi connectivity index (χ0v) is 9.54. The van der Waals surface area contributed by atoms with E-state index >= 15 is 0 Å². The van der Waals surface area contributed by atoms with Gasteiger partial charge in [0, 0.05) is 5.03 Å². The lowest BCUT2D eigenvalue weighted by atomic mass is 10.0. The van der Waals surface area contributed by atoms with Gasteiger partial charge in [0.25, 0.3) is 0 Å². The molecule has 0 aromatic heterocycles. The molecule has 0 aromatic rings. The maximum atomic E-state index is 5.96. The van der Waals surface area contributed by atoms with E-state index < -0.39 is 0 Å². The second-order valence-electron chi connectivity index (χ2n) is 3.47. The average Bonchev–Trinajstić information content (AvgIpc) is 2.12. The Morgan fingerprint density at radius 2 is 2.23 bits per heavy atom. The van der Waals surface area contributed by atoms with Gasteiger partial charge in [0.1, 0.15) is 0 Å². The minimum Gasteiger partial charge on any atom is -0.117 e. The summed E-state index contributed by atoms with van der Waals surface area (Å²) in [5.74, 6) is 0. The van der Waals surface area contributed by atoms with E-state index in [1.807, 2.05) is 6.08 Å². The Kier molecular flexibility index (Phi) is 4.90. The normalized spacial score (nSPS) is 22.5. The summed E-state index contributed by atoms with van der Waals surface area (Å²) in [5.41, 5.74) is 1.36. The topological polar surface area (TPSA) is 0 Å². The van der Waals surface area contributed by atoms with Crippen LogP contribution in [0.5, 0.6) is 0 Å². The number of hydrogen-bond donors (Lipinski definition) is 0. The Morgan fingerprint density at radius 3 is 2.85 bits per heavy atom. The average molecular weight is 219 g/mol.